The Balaban J connectivity index is 2.19. The second-order valence-electron chi connectivity index (χ2n) is 4.92. The zero-order valence-electron chi connectivity index (χ0n) is 12.4. The van der Waals surface area contributed by atoms with Crippen LogP contribution in [0.5, 0.6) is 11.5 Å². The number of halogens is 1. The molecule has 116 valence electrons. The molecule has 0 fully saturated rings. The third-order valence-corrected chi connectivity index (χ3v) is 3.11. The predicted molar refractivity (Wildman–Crippen MR) is 84.6 cm³/mol. The number of nitrogen functional groups attached to an aromatic ring is 1. The highest BCUT2D eigenvalue weighted by Gasteiger charge is 2.13. The number of benzene rings is 2. The first-order valence-corrected chi connectivity index (χ1v) is 7.21. The molecular weight excluding hydrogens is 283 g/mol. The Morgan fingerprint density at radius 3 is 2.64 bits per heavy atom. The van der Waals surface area contributed by atoms with Crippen molar-refractivity contribution in [3.05, 3.63) is 53.8 Å². The summed E-state index contributed by atoms with van der Waals surface area (Å²) in [6.45, 7) is 2.65. The minimum absolute atomic E-state index is 0.238. The van der Waals surface area contributed by atoms with Gasteiger partial charge < -0.3 is 15.8 Å². The van der Waals surface area contributed by atoms with Gasteiger partial charge in [-0.2, -0.15) is 0 Å². The van der Waals surface area contributed by atoms with Crippen molar-refractivity contribution in [2.45, 2.75) is 19.8 Å². The number of hydrogen-bond acceptors (Lipinski definition) is 3. The number of anilines is 1. The Labute approximate surface area is 129 Å². The summed E-state index contributed by atoms with van der Waals surface area (Å²) < 4.78 is 18.6. The molecule has 0 atom stereocenters. The molecule has 2 aromatic carbocycles. The van der Waals surface area contributed by atoms with E-state index in [-0.39, 0.29) is 11.7 Å². The van der Waals surface area contributed by atoms with Gasteiger partial charge in [0.15, 0.2) is 0 Å². The summed E-state index contributed by atoms with van der Waals surface area (Å²) in [7, 11) is 0. The molecule has 5 heteroatoms. The molecule has 3 N–H and O–H groups in total. The Morgan fingerprint density at radius 1 is 1.23 bits per heavy atom. The molecule has 0 bridgehead atoms. The molecule has 0 saturated carbocycles. The van der Waals surface area contributed by atoms with Crippen LogP contribution in [0.3, 0.4) is 0 Å². The summed E-state index contributed by atoms with van der Waals surface area (Å²) in [5.74, 6) is 0.253. The Kier molecular flexibility index (Phi) is 5.36. The van der Waals surface area contributed by atoms with Crippen LogP contribution in [0.1, 0.15) is 30.1 Å². The van der Waals surface area contributed by atoms with Crippen molar-refractivity contribution in [3.8, 4) is 11.5 Å². The van der Waals surface area contributed by atoms with Crippen LogP contribution in [0.25, 0.3) is 0 Å². The van der Waals surface area contributed by atoms with E-state index < -0.39 is 0 Å². The van der Waals surface area contributed by atoms with Crippen LogP contribution in [0.15, 0.2) is 42.5 Å². The summed E-state index contributed by atoms with van der Waals surface area (Å²) in [4.78, 5) is 12.2. The highest BCUT2D eigenvalue weighted by atomic mass is 19.1. The normalized spacial score (nSPS) is 10.3. The maximum atomic E-state index is 12.9. The van der Waals surface area contributed by atoms with Crippen molar-refractivity contribution in [1.82, 2.24) is 5.32 Å². The predicted octanol–water partition coefficient (Wildman–Crippen LogP) is 3.73. The third kappa shape index (κ3) is 4.22. The molecule has 0 spiro atoms. The van der Waals surface area contributed by atoms with Gasteiger partial charge in [-0.05, 0) is 48.9 Å². The van der Waals surface area contributed by atoms with E-state index in [0.717, 1.165) is 12.8 Å². The van der Waals surface area contributed by atoms with Gasteiger partial charge in [0, 0.05) is 12.2 Å². The van der Waals surface area contributed by atoms with E-state index >= 15 is 0 Å². The van der Waals surface area contributed by atoms with E-state index in [0.29, 0.717) is 29.3 Å². The molecular formula is C17H19FN2O2. The number of nitrogens with one attached hydrogen (secondary N) is 1. The molecule has 0 saturated heterocycles. The zero-order chi connectivity index (χ0) is 15.9. The van der Waals surface area contributed by atoms with Crippen LogP contribution in [-0.2, 0) is 0 Å². The molecule has 2 aromatic rings. The van der Waals surface area contributed by atoms with E-state index in [1.807, 2.05) is 0 Å². The van der Waals surface area contributed by atoms with Crippen LogP contribution in [0.4, 0.5) is 10.1 Å². The Morgan fingerprint density at radius 2 is 1.95 bits per heavy atom. The summed E-state index contributed by atoms with van der Waals surface area (Å²) in [5, 5.41) is 2.83. The van der Waals surface area contributed by atoms with Crippen molar-refractivity contribution >= 4 is 11.6 Å². The Hall–Kier alpha value is -2.56. The first-order chi connectivity index (χ1) is 10.6. The van der Waals surface area contributed by atoms with Crippen molar-refractivity contribution < 1.29 is 13.9 Å². The fourth-order valence-electron chi connectivity index (χ4n) is 1.92. The molecule has 0 radical (unpaired) electrons. The molecule has 4 nitrogen and oxygen atoms in total. The smallest absolute Gasteiger partial charge is 0.255 e. The number of rotatable bonds is 6. The second-order valence-corrected chi connectivity index (χ2v) is 4.92. The summed E-state index contributed by atoms with van der Waals surface area (Å²) in [6.07, 6.45) is 1.90. The lowest BCUT2D eigenvalue weighted by Crippen LogP contribution is -2.24. The van der Waals surface area contributed by atoms with Gasteiger partial charge in [-0.1, -0.05) is 13.3 Å². The van der Waals surface area contributed by atoms with Gasteiger partial charge in [0.2, 0.25) is 0 Å². The number of carbonyl (C=O) groups excluding carboxylic acids is 1. The van der Waals surface area contributed by atoms with Gasteiger partial charge in [0.25, 0.3) is 5.91 Å². The molecule has 0 aliphatic heterocycles. The minimum Gasteiger partial charge on any atom is -0.457 e. The van der Waals surface area contributed by atoms with Gasteiger partial charge >= 0.3 is 0 Å². The highest BCUT2D eigenvalue weighted by molar-refractivity contribution is 5.97. The quantitative estimate of drug-likeness (QED) is 0.631. The van der Waals surface area contributed by atoms with Crippen molar-refractivity contribution in [2.75, 3.05) is 12.3 Å². The van der Waals surface area contributed by atoms with Crippen LogP contribution < -0.4 is 15.8 Å². The number of carbonyl (C=O) groups is 1. The number of unbranched alkanes of at least 4 members (excludes halogenated alkanes) is 1. The zero-order valence-corrected chi connectivity index (χ0v) is 12.4. The number of nitrogens with two attached hydrogens (primary N) is 1. The lowest BCUT2D eigenvalue weighted by molar-refractivity contribution is 0.0951. The van der Waals surface area contributed by atoms with Gasteiger partial charge in [0.1, 0.15) is 17.3 Å². The molecule has 22 heavy (non-hydrogen) atoms. The lowest BCUT2D eigenvalue weighted by atomic mass is 10.1. The maximum Gasteiger partial charge on any atom is 0.255 e. The Bertz CT molecular complexity index is 642. The van der Waals surface area contributed by atoms with E-state index in [2.05, 4.69) is 12.2 Å². The van der Waals surface area contributed by atoms with Crippen molar-refractivity contribution in [3.63, 3.8) is 0 Å². The first-order valence-electron chi connectivity index (χ1n) is 7.21. The summed E-state index contributed by atoms with van der Waals surface area (Å²) in [5.41, 5.74) is 6.59. The molecule has 0 heterocycles. The lowest BCUT2D eigenvalue weighted by Gasteiger charge is -2.12. The van der Waals surface area contributed by atoms with E-state index in [4.69, 9.17) is 10.5 Å². The molecule has 0 aliphatic carbocycles. The van der Waals surface area contributed by atoms with Gasteiger partial charge in [0.05, 0.1) is 5.56 Å². The number of hydrogen-bond donors (Lipinski definition) is 2. The van der Waals surface area contributed by atoms with Gasteiger partial charge in [-0.25, -0.2) is 4.39 Å². The average Bonchev–Trinajstić information content (AvgIpc) is 2.51. The minimum atomic E-state index is -0.345. The van der Waals surface area contributed by atoms with Crippen LogP contribution >= 0.6 is 0 Å². The average molecular weight is 302 g/mol. The van der Waals surface area contributed by atoms with Crippen LogP contribution in [0.2, 0.25) is 0 Å². The second kappa shape index (κ2) is 7.45. The monoisotopic (exact) mass is 302 g/mol. The summed E-state index contributed by atoms with van der Waals surface area (Å²) in [6, 6.07) is 10.5. The molecule has 2 rings (SSSR count). The van der Waals surface area contributed by atoms with E-state index in [1.165, 1.54) is 24.3 Å². The van der Waals surface area contributed by atoms with Gasteiger partial charge in [-0.3, -0.25) is 4.79 Å². The summed E-state index contributed by atoms with van der Waals surface area (Å²) >= 11 is 0. The molecule has 0 aromatic heterocycles. The van der Waals surface area contributed by atoms with Crippen molar-refractivity contribution in [1.29, 1.82) is 0 Å². The van der Waals surface area contributed by atoms with E-state index in [1.54, 1.807) is 18.2 Å². The topological polar surface area (TPSA) is 64.4 Å². The maximum absolute atomic E-state index is 12.9. The van der Waals surface area contributed by atoms with Gasteiger partial charge in [-0.15, -0.1) is 0 Å². The largest absolute Gasteiger partial charge is 0.457 e. The van der Waals surface area contributed by atoms with E-state index in [9.17, 15) is 9.18 Å². The molecule has 0 unspecified atom stereocenters. The number of ether oxygens (including phenoxy) is 1. The SMILES string of the molecule is CCCCNC(=O)c1cc(N)ccc1Oc1ccc(F)cc1. The third-order valence-electron chi connectivity index (χ3n) is 3.11. The standard InChI is InChI=1S/C17H19FN2O2/c1-2-3-10-20-17(21)15-11-13(19)6-9-16(15)22-14-7-4-12(18)5-8-14/h4-9,11H,2-3,10,19H2,1H3,(H,20,21). The van der Waals surface area contributed by atoms with Crippen LogP contribution in [-0.4, -0.2) is 12.5 Å². The fourth-order valence-corrected chi connectivity index (χ4v) is 1.92. The number of amides is 1. The first kappa shape index (κ1) is 15.8. The highest BCUT2D eigenvalue weighted by Crippen LogP contribution is 2.27. The molecule has 1 amide bonds. The molecule has 0 aliphatic rings. The fraction of sp³-hybridized carbons (Fsp3) is 0.235. The van der Waals surface area contributed by atoms with Crippen molar-refractivity contribution in [2.24, 2.45) is 0 Å². The van der Waals surface area contributed by atoms with Crippen LogP contribution in [0, 0.1) is 5.82 Å².